The summed E-state index contributed by atoms with van der Waals surface area (Å²) in [5.41, 5.74) is -2.72. The molecule has 0 aliphatic carbocycles. The highest BCUT2D eigenvalue weighted by Gasteiger charge is 2.77. The number of ketones is 1. The third-order valence-corrected chi connectivity index (χ3v) is 5.21. The summed E-state index contributed by atoms with van der Waals surface area (Å²) in [4.78, 5) is 12.4. The van der Waals surface area contributed by atoms with Crippen molar-refractivity contribution >= 4 is 39.1 Å². The van der Waals surface area contributed by atoms with Crippen LogP contribution in [0.4, 0.5) is 26.3 Å². The lowest BCUT2D eigenvalue weighted by Crippen LogP contribution is -2.56. The van der Waals surface area contributed by atoms with Crippen molar-refractivity contribution in [2.24, 2.45) is 0 Å². The van der Waals surface area contributed by atoms with Crippen molar-refractivity contribution in [3.8, 4) is 0 Å². The molecule has 0 fully saturated rings. The molecular weight excluding hydrogens is 473 g/mol. The molecule has 0 saturated heterocycles. The van der Waals surface area contributed by atoms with E-state index in [9.17, 15) is 39.6 Å². The van der Waals surface area contributed by atoms with Crippen LogP contribution < -0.4 is 0 Å². The molecule has 29 heavy (non-hydrogen) atoms. The molecule has 2 aromatic rings. The van der Waals surface area contributed by atoms with E-state index in [1.165, 1.54) is 12.1 Å². The molecule has 0 aromatic heterocycles. The SMILES string of the molecule is O=C(c1cccc(C(F)(F)C(F)(F)C(F)(F)S(=O)(=O)O)c1)c1cc(Cl)ccc1Cl. The molecule has 158 valence electrons. The zero-order valence-electron chi connectivity index (χ0n) is 13.6. The number of halogens is 8. The van der Waals surface area contributed by atoms with Gasteiger partial charge in [0, 0.05) is 21.7 Å². The van der Waals surface area contributed by atoms with Gasteiger partial charge in [0.05, 0.1) is 5.02 Å². The van der Waals surface area contributed by atoms with Crippen molar-refractivity contribution in [3.63, 3.8) is 0 Å². The van der Waals surface area contributed by atoms with Gasteiger partial charge in [-0.05, 0) is 24.3 Å². The van der Waals surface area contributed by atoms with Gasteiger partial charge in [-0.15, -0.1) is 0 Å². The number of hydrogen-bond donors (Lipinski definition) is 1. The standard InChI is InChI=1S/C16H8Cl2F6O4S/c17-10-4-5-12(18)11(7-10)13(25)8-2-1-3-9(6-8)14(19,20)15(21,22)16(23,24)29(26,27)28/h1-7H,(H,26,27,28). The number of benzene rings is 2. The van der Waals surface area contributed by atoms with Crippen LogP contribution in [0.2, 0.25) is 10.0 Å². The minimum absolute atomic E-state index is 0.0403. The Bertz CT molecular complexity index is 1070. The summed E-state index contributed by atoms with van der Waals surface area (Å²) >= 11 is 11.5. The van der Waals surface area contributed by atoms with Crippen molar-refractivity contribution in [1.29, 1.82) is 0 Å². The minimum Gasteiger partial charge on any atom is -0.289 e. The molecule has 4 nitrogen and oxygen atoms in total. The largest absolute Gasteiger partial charge is 0.438 e. The first-order valence-corrected chi connectivity index (χ1v) is 9.44. The number of rotatable bonds is 6. The Labute approximate surface area is 169 Å². The van der Waals surface area contributed by atoms with Gasteiger partial charge >= 0.3 is 27.2 Å². The first-order chi connectivity index (χ1) is 13.0. The molecule has 0 saturated carbocycles. The zero-order valence-corrected chi connectivity index (χ0v) is 16.0. The Hall–Kier alpha value is -1.82. The normalized spacial score (nSPS) is 13.4. The van der Waals surface area contributed by atoms with Crippen LogP contribution in [0.15, 0.2) is 42.5 Å². The van der Waals surface area contributed by atoms with E-state index in [2.05, 4.69) is 0 Å². The molecule has 0 radical (unpaired) electrons. The van der Waals surface area contributed by atoms with E-state index in [1.807, 2.05) is 0 Å². The number of carbonyl (C=O) groups excluding carboxylic acids is 1. The highest BCUT2D eigenvalue weighted by atomic mass is 35.5. The van der Waals surface area contributed by atoms with Crippen molar-refractivity contribution in [3.05, 3.63) is 69.2 Å². The van der Waals surface area contributed by atoms with E-state index < -0.39 is 44.1 Å². The van der Waals surface area contributed by atoms with Crippen LogP contribution in [0, 0.1) is 0 Å². The van der Waals surface area contributed by atoms with Gasteiger partial charge in [-0.1, -0.05) is 41.4 Å². The summed E-state index contributed by atoms with van der Waals surface area (Å²) < 4.78 is 112. The first kappa shape index (κ1) is 23.5. The maximum Gasteiger partial charge on any atom is 0.438 e. The van der Waals surface area contributed by atoms with Crippen LogP contribution in [0.1, 0.15) is 21.5 Å². The van der Waals surface area contributed by atoms with Crippen LogP contribution in [0.5, 0.6) is 0 Å². The van der Waals surface area contributed by atoms with Gasteiger partial charge in [0.2, 0.25) is 0 Å². The lowest BCUT2D eigenvalue weighted by molar-refractivity contribution is -0.287. The molecule has 1 N–H and O–H groups in total. The highest BCUT2D eigenvalue weighted by Crippen LogP contribution is 2.53. The topological polar surface area (TPSA) is 71.4 Å². The van der Waals surface area contributed by atoms with Gasteiger partial charge < -0.3 is 0 Å². The summed E-state index contributed by atoms with van der Waals surface area (Å²) in [5, 5.41) is -6.63. The average molecular weight is 481 g/mol. The monoisotopic (exact) mass is 480 g/mol. The van der Waals surface area contributed by atoms with Crippen molar-refractivity contribution in [1.82, 2.24) is 0 Å². The number of alkyl halides is 6. The molecule has 0 aliphatic heterocycles. The molecule has 2 rings (SSSR count). The summed E-state index contributed by atoms with van der Waals surface area (Å²) in [6.07, 6.45) is 0. The minimum atomic E-state index is -6.89. The number of carbonyl (C=O) groups is 1. The van der Waals surface area contributed by atoms with Crippen LogP contribution >= 0.6 is 23.2 Å². The molecule has 0 aliphatic rings. The molecule has 0 bridgehead atoms. The van der Waals surface area contributed by atoms with Gasteiger partial charge in [0.25, 0.3) is 0 Å². The Balaban J connectivity index is 2.57. The van der Waals surface area contributed by atoms with Gasteiger partial charge in [-0.2, -0.15) is 34.8 Å². The van der Waals surface area contributed by atoms with E-state index in [0.717, 1.165) is 12.1 Å². The molecule has 0 atom stereocenters. The van der Waals surface area contributed by atoms with Gasteiger partial charge in [-0.3, -0.25) is 9.35 Å². The predicted octanol–water partition coefficient (Wildman–Crippen LogP) is 5.43. The summed E-state index contributed by atoms with van der Waals surface area (Å²) in [7, 11) is -6.89. The molecule has 0 heterocycles. The fourth-order valence-electron chi connectivity index (χ4n) is 2.21. The molecule has 0 unspecified atom stereocenters. The van der Waals surface area contributed by atoms with E-state index in [1.54, 1.807) is 0 Å². The van der Waals surface area contributed by atoms with Crippen LogP contribution in [-0.2, 0) is 16.0 Å². The lowest BCUT2D eigenvalue weighted by atomic mass is 9.96. The third-order valence-electron chi connectivity index (χ3n) is 3.74. The molecular formula is C16H8Cl2F6O4S. The second-order valence-electron chi connectivity index (χ2n) is 5.67. The van der Waals surface area contributed by atoms with Crippen molar-refractivity contribution in [2.45, 2.75) is 17.1 Å². The summed E-state index contributed by atoms with van der Waals surface area (Å²) in [5.74, 6) is -13.4. The quantitative estimate of drug-likeness (QED) is 0.339. The molecule has 0 spiro atoms. The van der Waals surface area contributed by atoms with Crippen LogP contribution in [0.25, 0.3) is 0 Å². The Morgan fingerprint density at radius 3 is 2.07 bits per heavy atom. The maximum atomic E-state index is 14.2. The van der Waals surface area contributed by atoms with Gasteiger partial charge in [-0.25, -0.2) is 0 Å². The first-order valence-electron chi connectivity index (χ1n) is 7.25. The number of hydrogen-bond acceptors (Lipinski definition) is 3. The second-order valence-corrected chi connectivity index (χ2v) is 7.98. The average Bonchev–Trinajstić information content (AvgIpc) is 2.62. The lowest BCUT2D eigenvalue weighted by Gasteiger charge is -2.31. The van der Waals surface area contributed by atoms with Crippen LogP contribution in [-0.4, -0.2) is 29.9 Å². The summed E-state index contributed by atoms with van der Waals surface area (Å²) in [6, 6.07) is 5.64. The molecule has 13 heteroatoms. The third kappa shape index (κ3) is 3.96. The fraction of sp³-hybridized carbons (Fsp3) is 0.188. The van der Waals surface area contributed by atoms with E-state index >= 15 is 0 Å². The van der Waals surface area contributed by atoms with E-state index in [0.29, 0.717) is 6.07 Å². The molecule has 0 amide bonds. The summed E-state index contributed by atoms with van der Waals surface area (Å²) in [6.45, 7) is 0. The zero-order chi connectivity index (χ0) is 22.4. The van der Waals surface area contributed by atoms with Gasteiger partial charge in [0.15, 0.2) is 5.78 Å². The van der Waals surface area contributed by atoms with Gasteiger partial charge in [0.1, 0.15) is 0 Å². The van der Waals surface area contributed by atoms with Crippen molar-refractivity contribution < 1.29 is 44.1 Å². The Kier molecular flexibility index (Phi) is 6.03. The van der Waals surface area contributed by atoms with E-state index in [-0.39, 0.29) is 27.7 Å². The molecule has 2 aromatic carbocycles. The Morgan fingerprint density at radius 2 is 1.52 bits per heavy atom. The second kappa shape index (κ2) is 7.46. The fourth-order valence-corrected chi connectivity index (χ4v) is 3.04. The highest BCUT2D eigenvalue weighted by molar-refractivity contribution is 7.87. The maximum absolute atomic E-state index is 14.2. The Morgan fingerprint density at radius 1 is 0.931 bits per heavy atom. The smallest absolute Gasteiger partial charge is 0.289 e. The van der Waals surface area contributed by atoms with Crippen LogP contribution in [0.3, 0.4) is 0 Å². The predicted molar refractivity (Wildman–Crippen MR) is 91.7 cm³/mol. The van der Waals surface area contributed by atoms with E-state index in [4.69, 9.17) is 27.8 Å². The van der Waals surface area contributed by atoms with Crippen molar-refractivity contribution in [2.75, 3.05) is 0 Å².